The molecule has 0 spiro atoms. The summed E-state index contributed by atoms with van der Waals surface area (Å²) in [5.41, 5.74) is 0.947. The summed E-state index contributed by atoms with van der Waals surface area (Å²) in [5.74, 6) is 0.261. The van der Waals surface area contributed by atoms with Gasteiger partial charge < -0.3 is 15.3 Å². The number of piperazine rings is 1. The predicted molar refractivity (Wildman–Crippen MR) is 118 cm³/mol. The molecule has 156 valence electrons. The quantitative estimate of drug-likeness (QED) is 0.515. The fraction of sp³-hybridized carbons (Fsp3) is 0.217. The monoisotopic (exact) mass is 416 g/mol. The largest absolute Gasteiger partial charge is 0.508 e. The van der Waals surface area contributed by atoms with Gasteiger partial charge in [-0.05, 0) is 22.9 Å². The Kier molecular flexibility index (Phi) is 5.87. The number of phenolic OH excluding ortho intramolecular Hbond substituents is 1. The third kappa shape index (κ3) is 3.96. The van der Waals surface area contributed by atoms with Gasteiger partial charge in [0, 0.05) is 44.9 Å². The molecule has 0 unspecified atom stereocenters. The van der Waals surface area contributed by atoms with Crippen LogP contribution in [0.3, 0.4) is 0 Å². The van der Waals surface area contributed by atoms with E-state index in [0.717, 1.165) is 37.0 Å². The molecule has 1 aliphatic heterocycles. The highest BCUT2D eigenvalue weighted by Gasteiger charge is 2.20. The lowest BCUT2D eigenvalue weighted by atomic mass is 10.0. The van der Waals surface area contributed by atoms with Crippen molar-refractivity contribution >= 4 is 27.5 Å². The van der Waals surface area contributed by atoms with E-state index in [1.807, 2.05) is 24.3 Å². The van der Waals surface area contributed by atoms with Gasteiger partial charge in [-0.25, -0.2) is 14.4 Å². The van der Waals surface area contributed by atoms with Crippen molar-refractivity contribution in [2.24, 2.45) is 0 Å². The number of fused-ring (bicyclic) bond motifs is 2. The van der Waals surface area contributed by atoms with Gasteiger partial charge in [-0.1, -0.05) is 24.3 Å². The first-order valence-electron chi connectivity index (χ1n) is 9.92. The summed E-state index contributed by atoms with van der Waals surface area (Å²) in [6, 6.07) is 12.5. The second kappa shape index (κ2) is 8.90. The maximum atomic E-state index is 15.5. The molecule has 0 amide bonds. The predicted octanol–water partition coefficient (Wildman–Crippen LogP) is 3.63. The van der Waals surface area contributed by atoms with Crippen LogP contribution >= 0.6 is 0 Å². The van der Waals surface area contributed by atoms with Crippen LogP contribution in [-0.4, -0.2) is 46.2 Å². The third-order valence-corrected chi connectivity index (χ3v) is 5.12. The first-order valence-corrected chi connectivity index (χ1v) is 9.92. The van der Waals surface area contributed by atoms with Crippen molar-refractivity contribution in [2.75, 3.05) is 31.1 Å². The van der Waals surface area contributed by atoms with Gasteiger partial charge in [0.25, 0.3) is 0 Å². The van der Waals surface area contributed by atoms with Gasteiger partial charge in [0.1, 0.15) is 29.1 Å². The van der Waals surface area contributed by atoms with Crippen LogP contribution in [0.15, 0.2) is 48.9 Å². The highest BCUT2D eigenvalue weighted by atomic mass is 19.1. The van der Waals surface area contributed by atoms with E-state index in [-0.39, 0.29) is 17.0 Å². The number of phenols is 1. The van der Waals surface area contributed by atoms with Crippen molar-refractivity contribution < 1.29 is 9.50 Å². The first-order chi connectivity index (χ1) is 15.1. The van der Waals surface area contributed by atoms with Crippen LogP contribution < -0.4 is 10.2 Å². The normalized spacial score (nSPS) is 13.5. The van der Waals surface area contributed by atoms with Crippen LogP contribution in [0.4, 0.5) is 10.2 Å². The van der Waals surface area contributed by atoms with E-state index in [1.54, 1.807) is 18.3 Å². The van der Waals surface area contributed by atoms with Crippen molar-refractivity contribution in [3.05, 3.63) is 54.7 Å². The van der Waals surface area contributed by atoms with Gasteiger partial charge in [0.15, 0.2) is 5.82 Å². The summed E-state index contributed by atoms with van der Waals surface area (Å²) < 4.78 is 15.5. The van der Waals surface area contributed by atoms with E-state index >= 15 is 4.39 Å². The summed E-state index contributed by atoms with van der Waals surface area (Å²) in [4.78, 5) is 15.1. The number of hydrogen-bond acceptors (Lipinski definition) is 7. The molecule has 2 aromatic heterocycles. The third-order valence-electron chi connectivity index (χ3n) is 5.12. The van der Waals surface area contributed by atoms with Crippen LogP contribution in [0.25, 0.3) is 32.9 Å². The molecule has 2 N–H and O–H groups in total. The number of hydrogen-bond donors (Lipinski definition) is 2. The molecule has 0 aliphatic carbocycles. The fourth-order valence-electron chi connectivity index (χ4n) is 3.79. The van der Waals surface area contributed by atoms with Crippen LogP contribution in [0, 0.1) is 17.1 Å². The highest BCUT2D eigenvalue weighted by Crippen LogP contribution is 2.35. The summed E-state index contributed by atoms with van der Waals surface area (Å²) in [6.07, 6.45) is 3.02. The Morgan fingerprint density at radius 2 is 1.84 bits per heavy atom. The lowest BCUT2D eigenvalue weighted by Gasteiger charge is -2.29. The minimum absolute atomic E-state index is 0.0687. The Balaban J connectivity index is 0.000000730. The standard InChI is InChI=1S/C21H18FN5O.C2H3N/c22-18-19(16-10-14(28)9-13-3-1-2-4-15(13)16)24-11-17-20(18)25-12-26-21(17)27-7-5-23-6-8-27;1-2-3/h1-4,9-12,23,28H,5-8H2;1H3. The van der Waals surface area contributed by atoms with Crippen molar-refractivity contribution in [2.45, 2.75) is 6.92 Å². The van der Waals surface area contributed by atoms with Gasteiger partial charge in [-0.3, -0.25) is 4.98 Å². The van der Waals surface area contributed by atoms with Crippen LogP contribution in [0.5, 0.6) is 5.75 Å². The Labute approximate surface area is 178 Å². The second-order valence-corrected chi connectivity index (χ2v) is 7.06. The summed E-state index contributed by atoms with van der Waals surface area (Å²) >= 11 is 0. The number of pyridine rings is 1. The number of halogens is 1. The molecule has 0 saturated carbocycles. The Morgan fingerprint density at radius 1 is 1.10 bits per heavy atom. The number of nitriles is 1. The summed E-state index contributed by atoms with van der Waals surface area (Å²) in [6.45, 7) is 4.74. The number of nitrogens with one attached hydrogen (secondary N) is 1. The fourth-order valence-corrected chi connectivity index (χ4v) is 3.79. The minimum atomic E-state index is -0.507. The van der Waals surface area contributed by atoms with Crippen molar-refractivity contribution in [1.82, 2.24) is 20.3 Å². The topological polar surface area (TPSA) is 98.0 Å². The van der Waals surface area contributed by atoms with Crippen LogP contribution in [0.2, 0.25) is 0 Å². The SMILES string of the molecule is CC#N.Oc1cc(-c2ncc3c(N4CCNCC4)ncnc3c2F)c2ccccc2c1. The number of aromatic nitrogens is 3. The number of anilines is 1. The Hall–Kier alpha value is -3.83. The number of rotatable bonds is 2. The zero-order chi connectivity index (χ0) is 21.8. The Bertz CT molecular complexity index is 1280. The molecule has 1 aliphatic rings. The average molecular weight is 416 g/mol. The lowest BCUT2D eigenvalue weighted by Crippen LogP contribution is -2.44. The average Bonchev–Trinajstić information content (AvgIpc) is 2.80. The Morgan fingerprint density at radius 3 is 2.61 bits per heavy atom. The molecular weight excluding hydrogens is 395 g/mol. The van der Waals surface area contributed by atoms with E-state index < -0.39 is 5.82 Å². The summed E-state index contributed by atoms with van der Waals surface area (Å²) in [7, 11) is 0. The molecule has 1 saturated heterocycles. The molecule has 31 heavy (non-hydrogen) atoms. The number of nitrogens with zero attached hydrogens (tertiary/aromatic N) is 5. The van der Waals surface area contributed by atoms with Crippen molar-refractivity contribution in [3.8, 4) is 23.1 Å². The van der Waals surface area contributed by atoms with Crippen molar-refractivity contribution in [1.29, 1.82) is 5.26 Å². The molecule has 8 heteroatoms. The number of aromatic hydroxyl groups is 1. The van der Waals surface area contributed by atoms with Gasteiger partial charge in [0.05, 0.1) is 11.5 Å². The number of benzene rings is 2. The molecule has 3 heterocycles. The smallest absolute Gasteiger partial charge is 0.175 e. The van der Waals surface area contributed by atoms with Gasteiger partial charge in [-0.2, -0.15) is 5.26 Å². The lowest BCUT2D eigenvalue weighted by molar-refractivity contribution is 0.476. The highest BCUT2D eigenvalue weighted by molar-refractivity contribution is 5.99. The van der Waals surface area contributed by atoms with Crippen LogP contribution in [-0.2, 0) is 0 Å². The molecule has 0 bridgehead atoms. The first kappa shape index (κ1) is 20.4. The molecule has 0 radical (unpaired) electrons. The zero-order valence-electron chi connectivity index (χ0n) is 17.0. The molecule has 0 atom stereocenters. The molecule has 7 nitrogen and oxygen atoms in total. The molecule has 5 rings (SSSR count). The maximum Gasteiger partial charge on any atom is 0.175 e. The van der Waals surface area contributed by atoms with E-state index in [4.69, 9.17) is 5.26 Å². The van der Waals surface area contributed by atoms with Crippen molar-refractivity contribution in [3.63, 3.8) is 0 Å². The molecule has 1 fully saturated rings. The van der Waals surface area contributed by atoms with Gasteiger partial charge in [0.2, 0.25) is 0 Å². The minimum Gasteiger partial charge on any atom is -0.508 e. The van der Waals surface area contributed by atoms with Crippen LogP contribution in [0.1, 0.15) is 6.92 Å². The van der Waals surface area contributed by atoms with E-state index in [1.165, 1.54) is 19.3 Å². The molecule has 2 aromatic carbocycles. The maximum absolute atomic E-state index is 15.5. The van der Waals surface area contributed by atoms with E-state index in [2.05, 4.69) is 25.2 Å². The molecular formula is C23H21FN6O. The molecule has 4 aromatic rings. The second-order valence-electron chi connectivity index (χ2n) is 7.06. The van der Waals surface area contributed by atoms with Gasteiger partial charge >= 0.3 is 0 Å². The van der Waals surface area contributed by atoms with E-state index in [9.17, 15) is 5.11 Å². The van der Waals surface area contributed by atoms with Gasteiger partial charge in [-0.15, -0.1) is 0 Å². The zero-order valence-corrected chi connectivity index (χ0v) is 17.0. The summed E-state index contributed by atoms with van der Waals surface area (Å²) in [5, 5.41) is 23.0. The van der Waals surface area contributed by atoms with E-state index in [0.29, 0.717) is 16.8 Å².